The second-order valence-electron chi connectivity index (χ2n) is 9.80. The molecule has 2 aliphatic rings. The lowest BCUT2D eigenvalue weighted by molar-refractivity contribution is -0.116. The number of carbonyl (C=O) groups excluding carboxylic acids is 1. The molecular weight excluding hydrogens is 537 g/mol. The van der Waals surface area contributed by atoms with Crippen molar-refractivity contribution >= 4 is 41.5 Å². The van der Waals surface area contributed by atoms with Gasteiger partial charge in [-0.05, 0) is 41.0 Å². The molecule has 2 aromatic carbocycles. The zero-order chi connectivity index (χ0) is 23.2. The van der Waals surface area contributed by atoms with E-state index in [1.165, 1.54) is 36.2 Å². The Morgan fingerprint density at radius 3 is 2.41 bits per heavy atom. The van der Waals surface area contributed by atoms with Crippen LogP contribution in [-0.2, 0) is 17.9 Å². The number of anilines is 1. The molecule has 0 spiro atoms. The third kappa shape index (κ3) is 7.18. The molecular formula is C27H38IN5O. The summed E-state index contributed by atoms with van der Waals surface area (Å²) in [6.45, 7) is 9.52. The maximum Gasteiger partial charge on any atom is 0.225 e. The van der Waals surface area contributed by atoms with Crippen LogP contribution in [-0.4, -0.2) is 43.4 Å². The molecule has 1 saturated heterocycles. The Balaban J connectivity index is 0.00000324. The summed E-state index contributed by atoms with van der Waals surface area (Å²) < 4.78 is 0. The molecule has 4 rings (SSSR count). The van der Waals surface area contributed by atoms with Gasteiger partial charge in [0.1, 0.15) is 0 Å². The number of hydrogen-bond acceptors (Lipinski definition) is 3. The van der Waals surface area contributed by atoms with E-state index in [1.54, 1.807) is 7.05 Å². The summed E-state index contributed by atoms with van der Waals surface area (Å²) >= 11 is 0. The maximum absolute atomic E-state index is 12.1. The number of amides is 1. The van der Waals surface area contributed by atoms with Gasteiger partial charge in [0, 0.05) is 57.8 Å². The van der Waals surface area contributed by atoms with Crippen LogP contribution in [0, 0.1) is 11.8 Å². The van der Waals surface area contributed by atoms with E-state index in [4.69, 9.17) is 0 Å². The van der Waals surface area contributed by atoms with Gasteiger partial charge in [0.2, 0.25) is 5.91 Å². The Morgan fingerprint density at radius 1 is 1.03 bits per heavy atom. The van der Waals surface area contributed by atoms with Crippen molar-refractivity contribution in [3.63, 3.8) is 0 Å². The molecule has 0 radical (unpaired) electrons. The molecule has 2 heterocycles. The lowest BCUT2D eigenvalue weighted by Crippen LogP contribution is -2.40. The molecule has 1 fully saturated rings. The van der Waals surface area contributed by atoms with E-state index in [9.17, 15) is 4.79 Å². The molecule has 6 nitrogen and oxygen atoms in total. The van der Waals surface area contributed by atoms with Crippen LogP contribution in [0.1, 0.15) is 49.3 Å². The molecule has 2 aromatic rings. The zero-order valence-electron chi connectivity index (χ0n) is 20.5. The van der Waals surface area contributed by atoms with E-state index < -0.39 is 0 Å². The number of benzene rings is 2. The standard InChI is InChI=1S/C27H37N5O.HI/c1-19-12-20(2)17-32(16-19)18-22-10-8-21(9-11-22)14-29-27(28-3)30-15-23-13-26(33)31-25-7-5-4-6-24(23)25;/h4-11,19-20,23H,12-18H2,1-3H3,(H,31,33)(H2,28,29,30);1H. The van der Waals surface area contributed by atoms with Crippen LogP contribution >= 0.6 is 24.0 Å². The first-order chi connectivity index (χ1) is 16.0. The molecule has 0 bridgehead atoms. The first kappa shape index (κ1) is 26.5. The van der Waals surface area contributed by atoms with E-state index in [-0.39, 0.29) is 35.8 Å². The number of nitrogens with zero attached hydrogens (tertiary/aromatic N) is 2. The molecule has 0 aliphatic carbocycles. The highest BCUT2D eigenvalue weighted by Gasteiger charge is 2.25. The van der Waals surface area contributed by atoms with Crippen LogP contribution in [0.4, 0.5) is 5.69 Å². The number of rotatable bonds is 6. The van der Waals surface area contributed by atoms with E-state index in [0.717, 1.165) is 30.0 Å². The van der Waals surface area contributed by atoms with Crippen LogP contribution in [0.15, 0.2) is 53.5 Å². The molecule has 7 heteroatoms. The van der Waals surface area contributed by atoms with Crippen molar-refractivity contribution in [2.75, 3.05) is 32.0 Å². The monoisotopic (exact) mass is 575 g/mol. The average Bonchev–Trinajstić information content (AvgIpc) is 2.79. The number of piperidine rings is 1. The predicted octanol–water partition coefficient (Wildman–Crippen LogP) is 4.57. The van der Waals surface area contributed by atoms with Gasteiger partial charge in [-0.3, -0.25) is 14.7 Å². The smallest absolute Gasteiger partial charge is 0.225 e. The Bertz CT molecular complexity index is 967. The highest BCUT2D eigenvalue weighted by atomic mass is 127. The molecule has 3 N–H and O–H groups in total. The molecule has 184 valence electrons. The van der Waals surface area contributed by atoms with Crippen LogP contribution in [0.5, 0.6) is 0 Å². The Labute approximate surface area is 221 Å². The Morgan fingerprint density at radius 2 is 1.71 bits per heavy atom. The third-order valence-corrected chi connectivity index (χ3v) is 6.68. The Hall–Kier alpha value is -2.13. The molecule has 34 heavy (non-hydrogen) atoms. The number of fused-ring (bicyclic) bond motifs is 1. The summed E-state index contributed by atoms with van der Waals surface area (Å²) in [6.07, 6.45) is 1.83. The van der Waals surface area contributed by atoms with E-state index in [1.807, 2.05) is 18.2 Å². The lowest BCUT2D eigenvalue weighted by atomic mass is 9.90. The fourth-order valence-electron chi connectivity index (χ4n) is 5.25. The van der Waals surface area contributed by atoms with Crippen molar-refractivity contribution in [1.82, 2.24) is 15.5 Å². The van der Waals surface area contributed by atoms with Crippen LogP contribution in [0.25, 0.3) is 0 Å². The number of nitrogens with one attached hydrogen (secondary N) is 3. The summed E-state index contributed by atoms with van der Waals surface area (Å²) in [7, 11) is 1.78. The van der Waals surface area contributed by atoms with Crippen molar-refractivity contribution in [2.24, 2.45) is 16.8 Å². The number of para-hydroxylation sites is 1. The van der Waals surface area contributed by atoms with Crippen LogP contribution in [0.3, 0.4) is 0 Å². The molecule has 2 aliphatic heterocycles. The van der Waals surface area contributed by atoms with Crippen molar-refractivity contribution in [3.8, 4) is 0 Å². The summed E-state index contributed by atoms with van der Waals surface area (Å²) in [4.78, 5) is 19.0. The van der Waals surface area contributed by atoms with Gasteiger partial charge in [0.25, 0.3) is 0 Å². The molecule has 3 atom stereocenters. The average molecular weight is 576 g/mol. The molecule has 1 amide bonds. The topological polar surface area (TPSA) is 68.8 Å². The minimum atomic E-state index is 0. The molecule has 0 saturated carbocycles. The Kier molecular flexibility index (Phi) is 9.76. The van der Waals surface area contributed by atoms with Gasteiger partial charge >= 0.3 is 0 Å². The minimum absolute atomic E-state index is 0. The summed E-state index contributed by atoms with van der Waals surface area (Å²) in [5.41, 5.74) is 4.69. The number of aliphatic imine (C=N–C) groups is 1. The minimum Gasteiger partial charge on any atom is -0.356 e. The van der Waals surface area contributed by atoms with Gasteiger partial charge in [-0.1, -0.05) is 56.3 Å². The van der Waals surface area contributed by atoms with Crippen molar-refractivity contribution < 1.29 is 4.79 Å². The number of hydrogen-bond donors (Lipinski definition) is 3. The van der Waals surface area contributed by atoms with Crippen molar-refractivity contribution in [2.45, 2.75) is 45.7 Å². The number of likely N-dealkylation sites (tertiary alicyclic amines) is 1. The van der Waals surface area contributed by atoms with Crippen molar-refractivity contribution in [1.29, 1.82) is 0 Å². The van der Waals surface area contributed by atoms with Gasteiger partial charge in [-0.15, -0.1) is 24.0 Å². The summed E-state index contributed by atoms with van der Waals surface area (Å²) in [5.74, 6) is 2.52. The van der Waals surface area contributed by atoms with Gasteiger partial charge in [-0.2, -0.15) is 0 Å². The summed E-state index contributed by atoms with van der Waals surface area (Å²) in [5, 5.41) is 9.75. The van der Waals surface area contributed by atoms with Crippen LogP contribution in [0.2, 0.25) is 0 Å². The van der Waals surface area contributed by atoms with Gasteiger partial charge < -0.3 is 16.0 Å². The predicted molar refractivity (Wildman–Crippen MR) is 151 cm³/mol. The first-order valence-electron chi connectivity index (χ1n) is 12.1. The van der Waals surface area contributed by atoms with Gasteiger partial charge in [-0.25, -0.2) is 0 Å². The second-order valence-corrected chi connectivity index (χ2v) is 9.80. The third-order valence-electron chi connectivity index (χ3n) is 6.68. The van der Waals surface area contributed by atoms with Gasteiger partial charge in [0.05, 0.1) is 0 Å². The highest BCUT2D eigenvalue weighted by Crippen LogP contribution is 2.31. The molecule has 3 unspecified atom stereocenters. The second kappa shape index (κ2) is 12.5. The zero-order valence-corrected chi connectivity index (χ0v) is 22.8. The summed E-state index contributed by atoms with van der Waals surface area (Å²) in [6, 6.07) is 16.9. The normalized spacial score (nSPS) is 22.9. The fourth-order valence-corrected chi connectivity index (χ4v) is 5.25. The largest absolute Gasteiger partial charge is 0.356 e. The number of carbonyl (C=O) groups is 1. The number of guanidine groups is 1. The lowest BCUT2D eigenvalue weighted by Gasteiger charge is -2.35. The number of halogens is 1. The maximum atomic E-state index is 12.1. The van der Waals surface area contributed by atoms with Crippen molar-refractivity contribution in [3.05, 3.63) is 65.2 Å². The fraction of sp³-hybridized carbons (Fsp3) is 0.481. The van der Waals surface area contributed by atoms with E-state index >= 15 is 0 Å². The highest BCUT2D eigenvalue weighted by molar-refractivity contribution is 14.0. The first-order valence-corrected chi connectivity index (χ1v) is 12.1. The van der Waals surface area contributed by atoms with Crippen LogP contribution < -0.4 is 16.0 Å². The van der Waals surface area contributed by atoms with E-state index in [2.05, 4.69) is 70.0 Å². The SMILES string of the molecule is CN=C(NCc1ccc(CN2CC(C)CC(C)C2)cc1)NCC1CC(=O)Nc2ccccc21.I. The molecule has 0 aromatic heterocycles. The van der Waals surface area contributed by atoms with Gasteiger partial charge in [0.15, 0.2) is 5.96 Å². The quantitative estimate of drug-likeness (QED) is 0.268. The van der Waals surface area contributed by atoms with E-state index in [0.29, 0.717) is 19.5 Å².